The third-order valence-electron chi connectivity index (χ3n) is 5.96. The van der Waals surface area contributed by atoms with Crippen LogP contribution in [0, 0.1) is 0 Å². The standard InChI is InChI=1S/C24H24N4/c1-2-4-18(5-3-1)6-7-19-8-10-21(11-9-19)24-22-14-25-15-23(24)28(22)16-20-12-26-17-27-13-20/h1-13,17,22-25H,14-16H2/t22-,23+,24?. The van der Waals surface area contributed by atoms with Crippen molar-refractivity contribution in [2.75, 3.05) is 13.1 Å². The lowest BCUT2D eigenvalue weighted by Crippen LogP contribution is -2.72. The van der Waals surface area contributed by atoms with E-state index in [2.05, 4.69) is 80.9 Å². The van der Waals surface area contributed by atoms with Crippen LogP contribution in [0.5, 0.6) is 0 Å². The molecule has 2 bridgehead atoms. The zero-order chi connectivity index (χ0) is 18.8. The average Bonchev–Trinajstić information content (AvgIpc) is 2.78. The normalized spacial score (nSPS) is 24.2. The molecule has 2 aliphatic rings. The summed E-state index contributed by atoms with van der Waals surface area (Å²) in [5.41, 5.74) is 5.12. The van der Waals surface area contributed by atoms with Crippen LogP contribution in [0.25, 0.3) is 12.2 Å². The fourth-order valence-corrected chi connectivity index (χ4v) is 4.57. The maximum Gasteiger partial charge on any atom is 0.115 e. The number of rotatable bonds is 5. The van der Waals surface area contributed by atoms with Gasteiger partial charge in [-0.25, -0.2) is 9.97 Å². The molecule has 1 N–H and O–H groups in total. The van der Waals surface area contributed by atoms with Gasteiger partial charge in [-0.15, -0.1) is 0 Å². The molecule has 2 fully saturated rings. The molecule has 0 saturated carbocycles. The summed E-state index contributed by atoms with van der Waals surface area (Å²) in [6.45, 7) is 3.03. The Morgan fingerprint density at radius 3 is 2.18 bits per heavy atom. The average molecular weight is 368 g/mol. The van der Waals surface area contributed by atoms with E-state index in [0.29, 0.717) is 18.0 Å². The fourth-order valence-electron chi connectivity index (χ4n) is 4.57. The molecule has 3 aromatic rings. The molecule has 2 aliphatic heterocycles. The number of piperazine rings is 1. The van der Waals surface area contributed by atoms with Gasteiger partial charge in [-0.3, -0.25) is 4.90 Å². The first kappa shape index (κ1) is 17.3. The zero-order valence-electron chi connectivity index (χ0n) is 15.8. The number of hydrogen-bond donors (Lipinski definition) is 1. The van der Waals surface area contributed by atoms with E-state index in [1.54, 1.807) is 6.33 Å². The first-order valence-electron chi connectivity index (χ1n) is 9.92. The molecule has 28 heavy (non-hydrogen) atoms. The highest BCUT2D eigenvalue weighted by Gasteiger charge is 2.50. The van der Waals surface area contributed by atoms with Crippen LogP contribution in [0.15, 0.2) is 73.3 Å². The van der Waals surface area contributed by atoms with Gasteiger partial charge in [0.2, 0.25) is 0 Å². The number of nitrogens with one attached hydrogen (secondary N) is 1. The van der Waals surface area contributed by atoms with Gasteiger partial charge in [0.15, 0.2) is 0 Å². The Morgan fingerprint density at radius 2 is 1.50 bits per heavy atom. The maximum atomic E-state index is 4.16. The molecule has 2 aromatic carbocycles. The van der Waals surface area contributed by atoms with Crippen molar-refractivity contribution in [2.45, 2.75) is 24.5 Å². The molecule has 3 atom stereocenters. The van der Waals surface area contributed by atoms with Gasteiger partial charge < -0.3 is 5.32 Å². The van der Waals surface area contributed by atoms with E-state index in [0.717, 1.165) is 19.6 Å². The van der Waals surface area contributed by atoms with E-state index in [4.69, 9.17) is 0 Å². The molecule has 1 aromatic heterocycles. The molecule has 140 valence electrons. The van der Waals surface area contributed by atoms with Crippen molar-refractivity contribution in [3.05, 3.63) is 95.6 Å². The van der Waals surface area contributed by atoms with Crippen molar-refractivity contribution in [3.63, 3.8) is 0 Å². The smallest absolute Gasteiger partial charge is 0.115 e. The Balaban J connectivity index is 1.28. The van der Waals surface area contributed by atoms with Gasteiger partial charge in [-0.05, 0) is 16.7 Å². The molecule has 3 heterocycles. The van der Waals surface area contributed by atoms with E-state index < -0.39 is 0 Å². The molecule has 1 unspecified atom stereocenters. The summed E-state index contributed by atoms with van der Waals surface area (Å²) in [4.78, 5) is 10.9. The first-order valence-corrected chi connectivity index (χ1v) is 9.92. The maximum absolute atomic E-state index is 4.16. The van der Waals surface area contributed by atoms with Crippen LogP contribution in [0.4, 0.5) is 0 Å². The molecule has 2 saturated heterocycles. The lowest BCUT2D eigenvalue weighted by Gasteiger charge is -2.59. The number of piperidine rings is 1. The SMILES string of the molecule is C(=Cc1ccc(C2[C@H]3CNC[C@@H]2N3Cc2cncnc2)cc1)c1ccccc1. The van der Waals surface area contributed by atoms with Crippen LogP contribution in [-0.4, -0.2) is 40.0 Å². The van der Waals surface area contributed by atoms with Crippen molar-refractivity contribution in [1.29, 1.82) is 0 Å². The van der Waals surface area contributed by atoms with E-state index in [1.807, 2.05) is 18.5 Å². The third-order valence-corrected chi connectivity index (χ3v) is 5.96. The monoisotopic (exact) mass is 368 g/mol. The Kier molecular flexibility index (Phi) is 4.73. The first-order chi connectivity index (χ1) is 13.9. The summed E-state index contributed by atoms with van der Waals surface area (Å²) in [6, 6.07) is 20.6. The Morgan fingerprint density at radius 1 is 0.857 bits per heavy atom. The van der Waals surface area contributed by atoms with Gasteiger partial charge in [0, 0.05) is 55.6 Å². The molecule has 4 nitrogen and oxygen atoms in total. The van der Waals surface area contributed by atoms with Crippen molar-refractivity contribution in [1.82, 2.24) is 20.2 Å². The second-order valence-electron chi connectivity index (χ2n) is 7.65. The van der Waals surface area contributed by atoms with Gasteiger partial charge in [-0.1, -0.05) is 66.7 Å². The van der Waals surface area contributed by atoms with Crippen LogP contribution in [-0.2, 0) is 6.54 Å². The number of nitrogens with zero attached hydrogens (tertiary/aromatic N) is 3. The van der Waals surface area contributed by atoms with Crippen LogP contribution < -0.4 is 5.32 Å². The van der Waals surface area contributed by atoms with Gasteiger partial charge in [0.1, 0.15) is 6.33 Å². The quantitative estimate of drug-likeness (QED) is 0.699. The number of fused-ring (bicyclic) bond motifs is 2. The molecule has 0 radical (unpaired) electrons. The summed E-state index contributed by atoms with van der Waals surface area (Å²) in [5, 5.41) is 3.57. The van der Waals surface area contributed by atoms with Crippen molar-refractivity contribution in [2.24, 2.45) is 0 Å². The summed E-state index contributed by atoms with van der Waals surface area (Å²) < 4.78 is 0. The highest BCUT2D eigenvalue weighted by Crippen LogP contribution is 2.43. The lowest BCUT2D eigenvalue weighted by molar-refractivity contribution is -0.0484. The van der Waals surface area contributed by atoms with E-state index in [9.17, 15) is 0 Å². The lowest BCUT2D eigenvalue weighted by atomic mass is 9.72. The predicted molar refractivity (Wildman–Crippen MR) is 113 cm³/mol. The summed E-state index contributed by atoms with van der Waals surface area (Å²) >= 11 is 0. The van der Waals surface area contributed by atoms with Crippen LogP contribution in [0.3, 0.4) is 0 Å². The number of aromatic nitrogens is 2. The largest absolute Gasteiger partial charge is 0.314 e. The summed E-state index contributed by atoms with van der Waals surface area (Å²) in [7, 11) is 0. The Hall–Kier alpha value is -2.82. The third kappa shape index (κ3) is 3.37. The number of hydrogen-bond acceptors (Lipinski definition) is 4. The minimum absolute atomic E-state index is 0.546. The molecule has 0 spiro atoms. The molecular formula is C24H24N4. The van der Waals surface area contributed by atoms with Gasteiger partial charge >= 0.3 is 0 Å². The van der Waals surface area contributed by atoms with E-state index in [-0.39, 0.29) is 0 Å². The fraction of sp³-hybridized carbons (Fsp3) is 0.250. The minimum Gasteiger partial charge on any atom is -0.314 e. The van der Waals surface area contributed by atoms with E-state index in [1.165, 1.54) is 22.3 Å². The second-order valence-corrected chi connectivity index (χ2v) is 7.65. The summed E-state index contributed by atoms with van der Waals surface area (Å²) in [5.74, 6) is 0.609. The van der Waals surface area contributed by atoms with Gasteiger partial charge in [-0.2, -0.15) is 0 Å². The summed E-state index contributed by atoms with van der Waals surface area (Å²) in [6.07, 6.45) is 9.80. The number of benzene rings is 2. The second kappa shape index (κ2) is 7.66. The minimum atomic E-state index is 0.546. The van der Waals surface area contributed by atoms with Crippen LogP contribution in [0.1, 0.15) is 28.2 Å². The van der Waals surface area contributed by atoms with Crippen LogP contribution >= 0.6 is 0 Å². The van der Waals surface area contributed by atoms with Crippen molar-refractivity contribution < 1.29 is 0 Å². The predicted octanol–water partition coefficient (Wildman–Crippen LogP) is 3.59. The number of likely N-dealkylation sites (tertiary alicyclic amines) is 1. The van der Waals surface area contributed by atoms with Crippen LogP contribution in [0.2, 0.25) is 0 Å². The van der Waals surface area contributed by atoms with Gasteiger partial charge in [0.05, 0.1) is 0 Å². The highest BCUT2D eigenvalue weighted by atomic mass is 15.3. The Labute approximate surface area is 166 Å². The molecule has 5 rings (SSSR count). The molecule has 4 heteroatoms. The highest BCUT2D eigenvalue weighted by molar-refractivity contribution is 5.69. The van der Waals surface area contributed by atoms with Crippen molar-refractivity contribution in [3.8, 4) is 0 Å². The Bertz CT molecular complexity index is 925. The zero-order valence-corrected chi connectivity index (χ0v) is 15.8. The van der Waals surface area contributed by atoms with E-state index >= 15 is 0 Å². The van der Waals surface area contributed by atoms with Crippen molar-refractivity contribution >= 4 is 12.2 Å². The topological polar surface area (TPSA) is 41.0 Å². The molecular weight excluding hydrogens is 344 g/mol. The van der Waals surface area contributed by atoms with Gasteiger partial charge in [0.25, 0.3) is 0 Å². The molecule has 0 amide bonds. The molecule has 0 aliphatic carbocycles.